The summed E-state index contributed by atoms with van der Waals surface area (Å²) >= 11 is 12.0. The van der Waals surface area contributed by atoms with Gasteiger partial charge in [-0.25, -0.2) is 9.97 Å². The number of piperazine rings is 1. The fourth-order valence-electron chi connectivity index (χ4n) is 3.82. The third-order valence-electron chi connectivity index (χ3n) is 5.67. The van der Waals surface area contributed by atoms with E-state index in [1.54, 1.807) is 27.8 Å². The van der Waals surface area contributed by atoms with Crippen molar-refractivity contribution in [1.82, 2.24) is 29.9 Å². The molecule has 174 valence electrons. The summed E-state index contributed by atoms with van der Waals surface area (Å²) in [6.45, 7) is 4.23. The Balaban J connectivity index is 1.25. The minimum Gasteiger partial charge on any atom is -0.482 e. The standard InChI is InChI=1S/C23H21Cl2N7O2/c1-15-2-5-17(6-3-15)32-23-21(28-29-32)22(26-14-27-23)31-10-8-30(9-11-31)20(33)13-34-19-7-4-16(24)12-18(19)25/h2-7,12,14H,8-11,13H2,1H3. The third kappa shape index (κ3) is 4.49. The van der Waals surface area contributed by atoms with Crippen LogP contribution in [0, 0.1) is 6.92 Å². The molecule has 0 unspecified atom stereocenters. The maximum Gasteiger partial charge on any atom is 0.260 e. The van der Waals surface area contributed by atoms with Gasteiger partial charge in [0.1, 0.15) is 12.1 Å². The zero-order valence-corrected chi connectivity index (χ0v) is 19.9. The molecular formula is C23H21Cl2N7O2. The van der Waals surface area contributed by atoms with Crippen LogP contribution in [0.1, 0.15) is 5.56 Å². The maximum atomic E-state index is 12.7. The number of hydrogen-bond acceptors (Lipinski definition) is 7. The van der Waals surface area contributed by atoms with Crippen molar-refractivity contribution in [2.45, 2.75) is 6.92 Å². The molecule has 1 aliphatic heterocycles. The van der Waals surface area contributed by atoms with E-state index in [-0.39, 0.29) is 12.5 Å². The highest BCUT2D eigenvalue weighted by atomic mass is 35.5. The number of hydrogen-bond donors (Lipinski definition) is 0. The van der Waals surface area contributed by atoms with Gasteiger partial charge in [0, 0.05) is 31.2 Å². The van der Waals surface area contributed by atoms with Gasteiger partial charge in [-0.15, -0.1) is 5.10 Å². The van der Waals surface area contributed by atoms with E-state index in [1.807, 2.05) is 31.2 Å². The summed E-state index contributed by atoms with van der Waals surface area (Å²) in [5, 5.41) is 9.53. The van der Waals surface area contributed by atoms with Crippen LogP contribution in [0.25, 0.3) is 16.9 Å². The van der Waals surface area contributed by atoms with Gasteiger partial charge in [0.2, 0.25) is 0 Å². The largest absolute Gasteiger partial charge is 0.482 e. The molecule has 1 aliphatic rings. The smallest absolute Gasteiger partial charge is 0.260 e. The molecule has 0 saturated carbocycles. The van der Waals surface area contributed by atoms with Gasteiger partial charge in [-0.3, -0.25) is 4.79 Å². The van der Waals surface area contributed by atoms with E-state index in [4.69, 9.17) is 27.9 Å². The van der Waals surface area contributed by atoms with Crippen LogP contribution < -0.4 is 9.64 Å². The third-order valence-corrected chi connectivity index (χ3v) is 6.20. The van der Waals surface area contributed by atoms with E-state index >= 15 is 0 Å². The van der Waals surface area contributed by atoms with Crippen LogP contribution >= 0.6 is 23.2 Å². The van der Waals surface area contributed by atoms with Crippen LogP contribution in [0.15, 0.2) is 48.8 Å². The van der Waals surface area contributed by atoms with Crippen molar-refractivity contribution >= 4 is 46.1 Å². The van der Waals surface area contributed by atoms with Gasteiger partial charge in [-0.2, -0.15) is 4.68 Å². The zero-order chi connectivity index (χ0) is 23.7. The molecule has 0 spiro atoms. The number of halogens is 2. The first-order valence-corrected chi connectivity index (χ1v) is 11.5. The van der Waals surface area contributed by atoms with E-state index in [9.17, 15) is 4.79 Å². The van der Waals surface area contributed by atoms with Crippen molar-refractivity contribution in [1.29, 1.82) is 0 Å². The number of aryl methyl sites for hydroxylation is 1. The summed E-state index contributed by atoms with van der Waals surface area (Å²) < 4.78 is 7.30. The molecule has 2 aromatic carbocycles. The molecule has 1 amide bonds. The molecule has 9 nitrogen and oxygen atoms in total. The Morgan fingerprint density at radius 2 is 1.79 bits per heavy atom. The highest BCUT2D eigenvalue weighted by molar-refractivity contribution is 6.35. The number of ether oxygens (including phenoxy) is 1. The molecule has 0 radical (unpaired) electrons. The van der Waals surface area contributed by atoms with E-state index < -0.39 is 0 Å². The summed E-state index contributed by atoms with van der Waals surface area (Å²) in [6, 6.07) is 12.9. The van der Waals surface area contributed by atoms with E-state index in [2.05, 4.69) is 25.2 Å². The Hall–Kier alpha value is -3.43. The average Bonchev–Trinajstić information content (AvgIpc) is 3.28. The maximum absolute atomic E-state index is 12.7. The average molecular weight is 498 g/mol. The highest BCUT2D eigenvalue weighted by Gasteiger charge is 2.25. The number of fused-ring (bicyclic) bond motifs is 1. The van der Waals surface area contributed by atoms with Crippen molar-refractivity contribution < 1.29 is 9.53 Å². The Kier molecular flexibility index (Phi) is 6.21. The first-order chi connectivity index (χ1) is 16.5. The van der Waals surface area contributed by atoms with Crippen LogP contribution in [-0.2, 0) is 4.79 Å². The van der Waals surface area contributed by atoms with Crippen molar-refractivity contribution in [2.75, 3.05) is 37.7 Å². The summed E-state index contributed by atoms with van der Waals surface area (Å²) in [6.07, 6.45) is 1.52. The lowest BCUT2D eigenvalue weighted by Crippen LogP contribution is -2.50. The number of anilines is 1. The lowest BCUT2D eigenvalue weighted by Gasteiger charge is -2.35. The van der Waals surface area contributed by atoms with E-state index in [0.717, 1.165) is 11.3 Å². The predicted molar refractivity (Wildman–Crippen MR) is 130 cm³/mol. The van der Waals surface area contributed by atoms with Crippen LogP contribution in [0.2, 0.25) is 10.0 Å². The minimum absolute atomic E-state index is 0.0933. The molecule has 0 bridgehead atoms. The second-order valence-electron chi connectivity index (χ2n) is 7.94. The van der Waals surface area contributed by atoms with Gasteiger partial charge in [-0.05, 0) is 37.3 Å². The number of nitrogens with zero attached hydrogens (tertiary/aromatic N) is 7. The molecule has 1 fully saturated rings. The molecule has 34 heavy (non-hydrogen) atoms. The van der Waals surface area contributed by atoms with Crippen LogP contribution in [-0.4, -0.2) is 68.6 Å². The number of aromatic nitrogens is 5. The second kappa shape index (κ2) is 9.44. The topological polar surface area (TPSA) is 89.3 Å². The summed E-state index contributed by atoms with van der Waals surface area (Å²) in [5.41, 5.74) is 3.32. The van der Waals surface area contributed by atoms with Crippen LogP contribution in [0.4, 0.5) is 5.82 Å². The Morgan fingerprint density at radius 1 is 1.03 bits per heavy atom. The minimum atomic E-state index is -0.108. The van der Waals surface area contributed by atoms with Gasteiger partial charge < -0.3 is 14.5 Å². The van der Waals surface area contributed by atoms with Gasteiger partial charge >= 0.3 is 0 Å². The van der Waals surface area contributed by atoms with Gasteiger partial charge in [0.05, 0.1) is 10.7 Å². The lowest BCUT2D eigenvalue weighted by molar-refractivity contribution is -0.133. The van der Waals surface area contributed by atoms with Crippen LogP contribution in [0.3, 0.4) is 0 Å². The summed E-state index contributed by atoms with van der Waals surface area (Å²) in [7, 11) is 0. The molecule has 0 N–H and O–H groups in total. The summed E-state index contributed by atoms with van der Waals surface area (Å²) in [4.78, 5) is 25.4. The summed E-state index contributed by atoms with van der Waals surface area (Å²) in [5.74, 6) is 1.03. The van der Waals surface area contributed by atoms with E-state index in [1.165, 1.54) is 6.33 Å². The van der Waals surface area contributed by atoms with Crippen molar-refractivity contribution in [3.05, 3.63) is 64.4 Å². The Labute approximate surface area is 205 Å². The fourth-order valence-corrected chi connectivity index (χ4v) is 4.28. The number of carbonyl (C=O) groups excluding carboxylic acids is 1. The molecule has 0 aliphatic carbocycles. The molecular weight excluding hydrogens is 477 g/mol. The predicted octanol–water partition coefficient (Wildman–Crippen LogP) is 3.55. The van der Waals surface area contributed by atoms with Crippen molar-refractivity contribution in [2.24, 2.45) is 0 Å². The molecule has 5 rings (SSSR count). The number of amides is 1. The van der Waals surface area contributed by atoms with Gasteiger partial charge in [-0.1, -0.05) is 46.1 Å². The Morgan fingerprint density at radius 3 is 2.53 bits per heavy atom. The first-order valence-electron chi connectivity index (χ1n) is 10.7. The lowest BCUT2D eigenvalue weighted by atomic mass is 10.2. The fraction of sp³-hybridized carbons (Fsp3) is 0.261. The van der Waals surface area contributed by atoms with Gasteiger partial charge in [0.15, 0.2) is 23.6 Å². The van der Waals surface area contributed by atoms with Crippen molar-refractivity contribution in [3.8, 4) is 11.4 Å². The molecule has 1 saturated heterocycles. The molecule has 4 aromatic rings. The second-order valence-corrected chi connectivity index (χ2v) is 8.78. The normalized spacial score (nSPS) is 14.0. The highest BCUT2D eigenvalue weighted by Crippen LogP contribution is 2.28. The van der Waals surface area contributed by atoms with Gasteiger partial charge in [0.25, 0.3) is 5.91 Å². The number of benzene rings is 2. The molecule has 2 aromatic heterocycles. The van der Waals surface area contributed by atoms with Crippen molar-refractivity contribution in [3.63, 3.8) is 0 Å². The quantitative estimate of drug-likeness (QED) is 0.416. The molecule has 3 heterocycles. The SMILES string of the molecule is Cc1ccc(-n2nnc3c(N4CCN(C(=O)COc5ccc(Cl)cc5Cl)CC4)ncnc32)cc1. The van der Waals surface area contributed by atoms with E-state index in [0.29, 0.717) is 59.0 Å². The molecule has 0 atom stereocenters. The number of rotatable bonds is 5. The molecule has 11 heteroatoms. The Bertz CT molecular complexity index is 1340. The zero-order valence-electron chi connectivity index (χ0n) is 18.4. The monoisotopic (exact) mass is 497 g/mol. The van der Waals surface area contributed by atoms with Crippen LogP contribution in [0.5, 0.6) is 5.75 Å². The number of carbonyl (C=O) groups is 1. The first kappa shape index (κ1) is 22.4.